The van der Waals surface area contributed by atoms with Crippen LogP contribution in [0.1, 0.15) is 25.8 Å². The number of carboxylic acid groups (broad SMARTS) is 1. The van der Waals surface area contributed by atoms with Gasteiger partial charge in [-0.1, -0.05) is 11.8 Å². The summed E-state index contributed by atoms with van der Waals surface area (Å²) in [6.45, 7) is 2.91. The second kappa shape index (κ2) is 4.95. The summed E-state index contributed by atoms with van der Waals surface area (Å²) in [4.78, 5) is 12.6. The molecule has 1 aromatic heterocycles. The first-order chi connectivity index (χ1) is 8.13. The van der Waals surface area contributed by atoms with Gasteiger partial charge in [-0.2, -0.15) is 0 Å². The molecule has 1 N–H and O–H groups in total. The molecule has 94 valence electrons. The predicted octanol–water partition coefficient (Wildman–Crippen LogP) is 1.25. The van der Waals surface area contributed by atoms with Gasteiger partial charge in [-0.15, -0.1) is 10.2 Å². The highest BCUT2D eigenvalue weighted by atomic mass is 32.2. The summed E-state index contributed by atoms with van der Waals surface area (Å²) in [5.74, 6) is 0.0365. The second-order valence-electron chi connectivity index (χ2n) is 4.08. The zero-order chi connectivity index (χ0) is 12.4. The van der Waals surface area contributed by atoms with Gasteiger partial charge in [-0.05, 0) is 19.8 Å². The van der Waals surface area contributed by atoms with Crippen LogP contribution in [0.25, 0.3) is 0 Å². The van der Waals surface area contributed by atoms with E-state index < -0.39 is 5.97 Å². The molecule has 2 rings (SSSR count). The SMILES string of the molecule is CCN(C)c1nnc(SCC(=O)O)n1C1CC1. The number of rotatable bonds is 6. The fraction of sp³-hybridized carbons (Fsp3) is 0.700. The van der Waals surface area contributed by atoms with Gasteiger partial charge in [0.1, 0.15) is 0 Å². The summed E-state index contributed by atoms with van der Waals surface area (Å²) in [5.41, 5.74) is 0. The van der Waals surface area contributed by atoms with Crippen molar-refractivity contribution in [3.05, 3.63) is 0 Å². The lowest BCUT2D eigenvalue weighted by atomic mass is 10.6. The molecule has 0 radical (unpaired) electrons. The molecule has 1 heterocycles. The minimum atomic E-state index is -0.828. The first-order valence-corrected chi connectivity index (χ1v) is 6.62. The molecule has 6 nitrogen and oxygen atoms in total. The van der Waals surface area contributed by atoms with Gasteiger partial charge in [0.2, 0.25) is 5.95 Å². The maximum absolute atomic E-state index is 10.6. The molecular formula is C10H16N4O2S. The van der Waals surface area contributed by atoms with Crippen LogP contribution in [0, 0.1) is 0 Å². The van der Waals surface area contributed by atoms with Crippen molar-refractivity contribution in [2.75, 3.05) is 24.2 Å². The lowest BCUT2D eigenvalue weighted by molar-refractivity contribution is -0.133. The molecule has 0 atom stereocenters. The van der Waals surface area contributed by atoms with Crippen molar-refractivity contribution < 1.29 is 9.90 Å². The maximum Gasteiger partial charge on any atom is 0.313 e. The normalized spacial score (nSPS) is 14.9. The van der Waals surface area contributed by atoms with Crippen LogP contribution < -0.4 is 4.90 Å². The summed E-state index contributed by atoms with van der Waals surface area (Å²) >= 11 is 1.24. The van der Waals surface area contributed by atoms with Crippen LogP contribution in [0.5, 0.6) is 0 Å². The lowest BCUT2D eigenvalue weighted by Gasteiger charge is -2.17. The van der Waals surface area contributed by atoms with Crippen molar-refractivity contribution in [3.63, 3.8) is 0 Å². The number of aliphatic carboxylic acids is 1. The molecular weight excluding hydrogens is 240 g/mol. The Bertz CT molecular complexity index is 416. The minimum absolute atomic E-state index is 0.0285. The number of hydrogen-bond acceptors (Lipinski definition) is 5. The molecule has 0 aromatic carbocycles. The molecule has 1 aliphatic rings. The third-order valence-corrected chi connectivity index (χ3v) is 3.63. The largest absolute Gasteiger partial charge is 0.481 e. The number of nitrogens with zero attached hydrogens (tertiary/aromatic N) is 4. The molecule has 0 spiro atoms. The van der Waals surface area contributed by atoms with Gasteiger partial charge < -0.3 is 10.0 Å². The van der Waals surface area contributed by atoms with Gasteiger partial charge in [-0.3, -0.25) is 9.36 Å². The average Bonchev–Trinajstić information content (AvgIpc) is 3.05. The van der Waals surface area contributed by atoms with Crippen LogP contribution in [0.3, 0.4) is 0 Å². The van der Waals surface area contributed by atoms with Crippen LogP contribution in [-0.2, 0) is 4.79 Å². The maximum atomic E-state index is 10.6. The van der Waals surface area contributed by atoms with E-state index in [2.05, 4.69) is 21.7 Å². The third-order valence-electron chi connectivity index (χ3n) is 2.70. The Balaban J connectivity index is 2.20. The Morgan fingerprint density at radius 2 is 2.29 bits per heavy atom. The number of hydrogen-bond donors (Lipinski definition) is 1. The second-order valence-corrected chi connectivity index (χ2v) is 5.02. The van der Waals surface area contributed by atoms with Gasteiger partial charge in [0.15, 0.2) is 5.16 Å². The number of carbonyl (C=O) groups is 1. The van der Waals surface area contributed by atoms with Gasteiger partial charge in [-0.25, -0.2) is 0 Å². The molecule has 0 aliphatic heterocycles. The molecule has 17 heavy (non-hydrogen) atoms. The van der Waals surface area contributed by atoms with Gasteiger partial charge in [0.05, 0.1) is 5.75 Å². The van der Waals surface area contributed by atoms with E-state index in [1.54, 1.807) is 0 Å². The van der Waals surface area contributed by atoms with E-state index in [-0.39, 0.29) is 5.75 Å². The Kier molecular flexibility index (Phi) is 3.56. The van der Waals surface area contributed by atoms with E-state index in [0.717, 1.165) is 25.3 Å². The number of thioether (sulfide) groups is 1. The highest BCUT2D eigenvalue weighted by Crippen LogP contribution is 2.40. The summed E-state index contributed by atoms with van der Waals surface area (Å²) in [7, 11) is 1.97. The van der Waals surface area contributed by atoms with E-state index in [4.69, 9.17) is 5.11 Å². The van der Waals surface area contributed by atoms with Crippen molar-refractivity contribution in [1.82, 2.24) is 14.8 Å². The van der Waals surface area contributed by atoms with Crippen molar-refractivity contribution in [2.24, 2.45) is 0 Å². The quantitative estimate of drug-likeness (QED) is 0.772. The zero-order valence-corrected chi connectivity index (χ0v) is 10.8. The Hall–Kier alpha value is -1.24. The van der Waals surface area contributed by atoms with Crippen LogP contribution in [0.15, 0.2) is 5.16 Å². The Morgan fingerprint density at radius 3 is 2.82 bits per heavy atom. The third kappa shape index (κ3) is 2.71. The van der Waals surface area contributed by atoms with Gasteiger partial charge >= 0.3 is 5.97 Å². The summed E-state index contributed by atoms with van der Waals surface area (Å²) in [5, 5.41) is 17.6. The molecule has 1 aliphatic carbocycles. The van der Waals surface area contributed by atoms with Crippen molar-refractivity contribution in [3.8, 4) is 0 Å². The van der Waals surface area contributed by atoms with Crippen LogP contribution in [0.2, 0.25) is 0 Å². The zero-order valence-electron chi connectivity index (χ0n) is 9.96. The average molecular weight is 256 g/mol. The Morgan fingerprint density at radius 1 is 1.59 bits per heavy atom. The standard InChI is InChI=1S/C10H16N4O2S/c1-3-13(2)9-11-12-10(17-6-8(15)16)14(9)7-4-5-7/h7H,3-6H2,1-2H3,(H,15,16). The van der Waals surface area contributed by atoms with Crippen molar-refractivity contribution in [1.29, 1.82) is 0 Å². The first-order valence-electron chi connectivity index (χ1n) is 5.64. The molecule has 0 saturated heterocycles. The van der Waals surface area contributed by atoms with Crippen molar-refractivity contribution in [2.45, 2.75) is 31.0 Å². The molecule has 1 fully saturated rings. The van der Waals surface area contributed by atoms with E-state index in [1.807, 2.05) is 11.9 Å². The number of anilines is 1. The monoisotopic (exact) mass is 256 g/mol. The van der Waals surface area contributed by atoms with Crippen molar-refractivity contribution >= 4 is 23.7 Å². The smallest absolute Gasteiger partial charge is 0.313 e. The topological polar surface area (TPSA) is 71.2 Å². The fourth-order valence-corrected chi connectivity index (χ4v) is 2.27. The van der Waals surface area contributed by atoms with E-state index in [9.17, 15) is 4.79 Å². The minimum Gasteiger partial charge on any atom is -0.481 e. The molecule has 1 saturated carbocycles. The van der Waals surface area contributed by atoms with Crippen LogP contribution in [0.4, 0.5) is 5.95 Å². The number of carboxylic acids is 1. The molecule has 0 bridgehead atoms. The van der Waals surface area contributed by atoms with E-state index >= 15 is 0 Å². The molecule has 1 aromatic rings. The summed E-state index contributed by atoms with van der Waals surface area (Å²) in [6, 6.07) is 0.449. The fourth-order valence-electron chi connectivity index (χ4n) is 1.55. The van der Waals surface area contributed by atoms with Crippen LogP contribution >= 0.6 is 11.8 Å². The summed E-state index contributed by atoms with van der Waals surface area (Å²) in [6.07, 6.45) is 2.26. The molecule has 0 unspecified atom stereocenters. The first kappa shape index (κ1) is 12.2. The van der Waals surface area contributed by atoms with Crippen LogP contribution in [-0.4, -0.2) is 45.2 Å². The van der Waals surface area contributed by atoms with Gasteiger partial charge in [0.25, 0.3) is 0 Å². The number of aromatic nitrogens is 3. The van der Waals surface area contributed by atoms with E-state index in [1.165, 1.54) is 11.8 Å². The summed E-state index contributed by atoms with van der Waals surface area (Å²) < 4.78 is 2.07. The predicted molar refractivity (Wildman–Crippen MR) is 65.6 cm³/mol. The Labute approximate surface area is 104 Å². The molecule has 7 heteroatoms. The lowest BCUT2D eigenvalue weighted by Crippen LogP contribution is -2.20. The highest BCUT2D eigenvalue weighted by molar-refractivity contribution is 7.99. The van der Waals surface area contributed by atoms with Gasteiger partial charge in [0, 0.05) is 19.6 Å². The van der Waals surface area contributed by atoms with E-state index in [0.29, 0.717) is 11.2 Å². The molecule has 0 amide bonds. The highest BCUT2D eigenvalue weighted by Gasteiger charge is 2.30.